The van der Waals surface area contributed by atoms with Gasteiger partial charge in [0.15, 0.2) is 0 Å². The number of anilines is 1. The lowest BCUT2D eigenvalue weighted by molar-refractivity contribution is 0.415. The molecule has 2 aromatic carbocycles. The summed E-state index contributed by atoms with van der Waals surface area (Å²) in [6.45, 7) is 1.18. The van der Waals surface area contributed by atoms with E-state index in [9.17, 15) is 8.76 Å². The van der Waals surface area contributed by atoms with Crippen LogP contribution in [0.1, 0.15) is 17.2 Å². The fourth-order valence-corrected chi connectivity index (χ4v) is 2.80. The lowest BCUT2D eigenvalue weighted by Crippen LogP contribution is -2.27. The lowest BCUT2D eigenvalue weighted by atomic mass is 10.1. The zero-order valence-corrected chi connectivity index (χ0v) is 12.3. The third-order valence-corrected chi connectivity index (χ3v) is 4.27. The molecule has 0 radical (unpaired) electrons. The number of nitrogens with zero attached hydrogens (tertiary/aromatic N) is 1. The quantitative estimate of drug-likeness (QED) is 0.609. The van der Waals surface area contributed by atoms with Crippen molar-refractivity contribution in [2.45, 2.75) is 12.5 Å². The molecule has 110 valence electrons. The van der Waals surface area contributed by atoms with Gasteiger partial charge in [0.05, 0.1) is 6.61 Å². The molecule has 1 saturated heterocycles. The summed E-state index contributed by atoms with van der Waals surface area (Å²) in [6.07, 6.45) is 0.872. The van der Waals surface area contributed by atoms with Gasteiger partial charge in [0.1, 0.15) is 6.10 Å². The van der Waals surface area contributed by atoms with Crippen molar-refractivity contribution < 1.29 is 13.5 Å². The van der Waals surface area contributed by atoms with E-state index in [0.717, 1.165) is 17.7 Å². The van der Waals surface area contributed by atoms with Gasteiger partial charge in [0.25, 0.3) is 0 Å². The first-order valence-corrected chi connectivity index (χ1v) is 7.89. The van der Waals surface area contributed by atoms with Gasteiger partial charge in [-0.1, -0.05) is 42.5 Å². The maximum atomic E-state index is 11.5. The van der Waals surface area contributed by atoms with Crippen LogP contribution in [-0.2, 0) is 22.4 Å². The van der Waals surface area contributed by atoms with Gasteiger partial charge in [-0.05, 0) is 29.7 Å². The van der Waals surface area contributed by atoms with Crippen LogP contribution >= 0.6 is 0 Å². The monoisotopic (exact) mass is 302 g/mol. The Morgan fingerprint density at radius 2 is 1.81 bits per heavy atom. The van der Waals surface area contributed by atoms with Crippen molar-refractivity contribution >= 4 is 17.0 Å². The van der Waals surface area contributed by atoms with E-state index in [1.807, 2.05) is 54.6 Å². The van der Waals surface area contributed by atoms with Crippen molar-refractivity contribution in [2.75, 3.05) is 17.5 Å². The first-order valence-electron chi connectivity index (χ1n) is 6.86. The Labute approximate surface area is 126 Å². The van der Waals surface area contributed by atoms with Gasteiger partial charge in [-0.3, -0.25) is 4.21 Å². The number of ether oxygens (including phenoxy) is 1. The summed E-state index contributed by atoms with van der Waals surface area (Å²) >= 11 is -2.28. The fourth-order valence-electron chi connectivity index (χ4n) is 2.26. The summed E-state index contributed by atoms with van der Waals surface area (Å²) in [6, 6.07) is 17.4. The van der Waals surface area contributed by atoms with E-state index in [0.29, 0.717) is 18.7 Å². The zero-order valence-electron chi connectivity index (χ0n) is 11.5. The molecule has 2 atom stereocenters. The minimum absolute atomic E-state index is 0.189. The fraction of sp³-hybridized carbons (Fsp3) is 0.250. The van der Waals surface area contributed by atoms with Crippen LogP contribution < -0.4 is 4.31 Å². The highest BCUT2D eigenvalue weighted by Gasteiger charge is 2.24. The second-order valence-electron chi connectivity index (χ2n) is 4.97. The van der Waals surface area contributed by atoms with E-state index in [4.69, 9.17) is 4.74 Å². The summed E-state index contributed by atoms with van der Waals surface area (Å²) in [5.41, 5.74) is 2.90. The van der Waals surface area contributed by atoms with Crippen molar-refractivity contribution in [1.82, 2.24) is 0 Å². The van der Waals surface area contributed by atoms with Crippen LogP contribution in [0.15, 0.2) is 54.6 Å². The van der Waals surface area contributed by atoms with Gasteiger partial charge >= 0.3 is 0 Å². The summed E-state index contributed by atoms with van der Waals surface area (Å²) in [4.78, 5) is 0. The number of epoxide rings is 1. The van der Waals surface area contributed by atoms with Crippen LogP contribution in [0.3, 0.4) is 0 Å². The van der Waals surface area contributed by atoms with Crippen LogP contribution in [0, 0.1) is 0 Å². The van der Waals surface area contributed by atoms with Crippen LogP contribution in [0.5, 0.6) is 0 Å². The zero-order chi connectivity index (χ0) is 14.7. The van der Waals surface area contributed by atoms with Crippen LogP contribution in [-0.4, -0.2) is 21.9 Å². The molecule has 3 rings (SSSR count). The highest BCUT2D eigenvalue weighted by atomic mass is 32.2. The minimum Gasteiger partial charge on any atom is -0.755 e. The molecule has 2 aromatic rings. The maximum absolute atomic E-state index is 11.5. The second-order valence-corrected chi connectivity index (χ2v) is 5.84. The van der Waals surface area contributed by atoms with E-state index in [1.54, 1.807) is 0 Å². The summed E-state index contributed by atoms with van der Waals surface area (Å²) < 4.78 is 29.5. The molecule has 0 N–H and O–H groups in total. The van der Waals surface area contributed by atoms with Crippen LogP contribution in [0.4, 0.5) is 5.69 Å². The largest absolute Gasteiger partial charge is 0.755 e. The molecule has 0 saturated carbocycles. The molecular formula is C16H16NO3S-. The first-order chi connectivity index (χ1) is 10.2. The minimum atomic E-state index is -2.28. The Balaban J connectivity index is 1.70. The molecule has 1 aliphatic heterocycles. The molecule has 0 bridgehead atoms. The van der Waals surface area contributed by atoms with E-state index in [2.05, 4.69) is 0 Å². The van der Waals surface area contributed by atoms with Crippen molar-refractivity contribution in [1.29, 1.82) is 0 Å². The highest BCUT2D eigenvalue weighted by Crippen LogP contribution is 2.31. The Morgan fingerprint density at radius 1 is 1.14 bits per heavy atom. The standard InChI is InChI=1S/C16H17NO3S/c18-21(19)17(11-10-13-4-2-1-3-5-13)15-8-6-14(7-9-15)16-12-20-16/h1-9,16H,10-12H2,(H,18,19)/p-1. The van der Waals surface area contributed by atoms with Crippen LogP contribution in [0.25, 0.3) is 0 Å². The molecule has 2 unspecified atom stereocenters. The third kappa shape index (κ3) is 3.69. The second kappa shape index (κ2) is 6.39. The molecule has 21 heavy (non-hydrogen) atoms. The van der Waals surface area contributed by atoms with Gasteiger partial charge in [-0.25, -0.2) is 0 Å². The van der Waals surface area contributed by atoms with Gasteiger partial charge in [0, 0.05) is 23.5 Å². The number of hydrogen-bond donors (Lipinski definition) is 0. The summed E-state index contributed by atoms with van der Waals surface area (Å²) in [5, 5.41) is 0. The molecule has 5 heteroatoms. The van der Waals surface area contributed by atoms with E-state index < -0.39 is 11.3 Å². The lowest BCUT2D eigenvalue weighted by Gasteiger charge is -2.26. The van der Waals surface area contributed by atoms with Gasteiger partial charge in [0.2, 0.25) is 0 Å². The number of rotatable bonds is 6. The van der Waals surface area contributed by atoms with E-state index in [1.165, 1.54) is 4.31 Å². The Morgan fingerprint density at radius 3 is 2.38 bits per heavy atom. The highest BCUT2D eigenvalue weighted by molar-refractivity contribution is 7.80. The van der Waals surface area contributed by atoms with Gasteiger partial charge < -0.3 is 13.6 Å². The van der Waals surface area contributed by atoms with Crippen molar-refractivity contribution in [3.63, 3.8) is 0 Å². The predicted octanol–water partition coefficient (Wildman–Crippen LogP) is 2.60. The normalized spacial score (nSPS) is 18.2. The molecule has 1 aliphatic rings. The number of hydrogen-bond acceptors (Lipinski definition) is 3. The van der Waals surface area contributed by atoms with Crippen molar-refractivity contribution in [3.05, 3.63) is 65.7 Å². The average molecular weight is 302 g/mol. The number of benzene rings is 2. The molecule has 0 aliphatic carbocycles. The molecule has 0 spiro atoms. The summed E-state index contributed by atoms with van der Waals surface area (Å²) in [5.74, 6) is 0. The topological polar surface area (TPSA) is 55.9 Å². The molecule has 1 heterocycles. The molecule has 0 amide bonds. The Bertz CT molecular complexity index is 611. The predicted molar refractivity (Wildman–Crippen MR) is 81.5 cm³/mol. The van der Waals surface area contributed by atoms with Crippen molar-refractivity contribution in [2.24, 2.45) is 0 Å². The third-order valence-electron chi connectivity index (χ3n) is 3.51. The van der Waals surface area contributed by atoms with Crippen LogP contribution in [0.2, 0.25) is 0 Å². The molecule has 1 fully saturated rings. The maximum Gasteiger partial charge on any atom is 0.106 e. The van der Waals surface area contributed by atoms with Gasteiger partial charge in [-0.15, -0.1) is 0 Å². The van der Waals surface area contributed by atoms with Gasteiger partial charge in [-0.2, -0.15) is 0 Å². The van der Waals surface area contributed by atoms with Crippen molar-refractivity contribution in [3.8, 4) is 0 Å². The Kier molecular flexibility index (Phi) is 4.34. The first kappa shape index (κ1) is 14.3. The molecule has 4 nitrogen and oxygen atoms in total. The molecular weight excluding hydrogens is 286 g/mol. The summed E-state index contributed by atoms with van der Waals surface area (Å²) in [7, 11) is 0. The van der Waals surface area contributed by atoms with E-state index in [-0.39, 0.29) is 6.10 Å². The molecule has 0 aromatic heterocycles. The van der Waals surface area contributed by atoms with E-state index >= 15 is 0 Å². The smallest absolute Gasteiger partial charge is 0.106 e. The SMILES string of the molecule is O=S([O-])N(CCc1ccccc1)c1ccc(C2CO2)cc1. The Hall–Kier alpha value is -1.69. The average Bonchev–Trinajstić information content (AvgIpc) is 3.34.